The van der Waals surface area contributed by atoms with E-state index in [4.69, 9.17) is 9.47 Å². The van der Waals surface area contributed by atoms with Gasteiger partial charge in [-0.3, -0.25) is 0 Å². The number of rotatable bonds is 4. The Morgan fingerprint density at radius 3 is 1.90 bits per heavy atom. The molecule has 0 unspecified atom stereocenters. The summed E-state index contributed by atoms with van der Waals surface area (Å²) in [4.78, 5) is 0.239. The number of benzene rings is 1. The Hall–Kier alpha value is -1.04. The number of hydrogen-bond donors (Lipinski definition) is 0. The molecule has 1 aromatic rings. The predicted octanol–water partition coefficient (Wildman–Crippen LogP) is 1.63. The van der Waals surface area contributed by atoms with Crippen LogP contribution in [0.15, 0.2) is 34.1 Å². The summed E-state index contributed by atoms with van der Waals surface area (Å²) in [6.45, 7) is 4.76. The fourth-order valence-corrected chi connectivity index (χ4v) is 7.34. The summed E-state index contributed by atoms with van der Waals surface area (Å²) in [6.07, 6.45) is 2.85. The van der Waals surface area contributed by atoms with Gasteiger partial charge in [0.15, 0.2) is 5.79 Å². The Balaban J connectivity index is 1.48. The molecule has 10 heteroatoms. The molecule has 3 fully saturated rings. The quantitative estimate of drug-likeness (QED) is 0.701. The molecule has 0 radical (unpaired) electrons. The minimum atomic E-state index is -3.69. The topological polar surface area (TPSA) is 93.2 Å². The maximum atomic E-state index is 13.0. The second-order valence-corrected chi connectivity index (χ2v) is 12.0. The molecule has 0 aliphatic carbocycles. The van der Waals surface area contributed by atoms with Crippen LogP contribution in [-0.2, 0) is 29.5 Å². The van der Waals surface area contributed by atoms with Crippen LogP contribution in [-0.4, -0.2) is 70.6 Å². The van der Waals surface area contributed by atoms with Crippen LogP contribution in [0.25, 0.3) is 0 Å². The third-order valence-corrected chi connectivity index (χ3v) is 9.81. The summed E-state index contributed by atoms with van der Waals surface area (Å²) in [5, 5.41) is 0. The van der Waals surface area contributed by atoms with Crippen molar-refractivity contribution in [2.45, 2.75) is 48.2 Å². The van der Waals surface area contributed by atoms with E-state index in [1.807, 2.05) is 6.92 Å². The van der Waals surface area contributed by atoms with E-state index >= 15 is 0 Å². The highest BCUT2D eigenvalue weighted by molar-refractivity contribution is 7.89. The lowest BCUT2D eigenvalue weighted by molar-refractivity contribution is -0.179. The highest BCUT2D eigenvalue weighted by Gasteiger charge is 2.42. The van der Waals surface area contributed by atoms with Crippen LogP contribution in [0.2, 0.25) is 0 Å². The van der Waals surface area contributed by atoms with Crippen molar-refractivity contribution in [3.63, 3.8) is 0 Å². The van der Waals surface area contributed by atoms with E-state index in [1.165, 1.54) is 32.9 Å². The Labute approximate surface area is 172 Å². The summed E-state index contributed by atoms with van der Waals surface area (Å²) in [6, 6.07) is 5.58. The first-order valence-corrected chi connectivity index (χ1v) is 13.0. The molecule has 3 saturated heterocycles. The van der Waals surface area contributed by atoms with Crippen molar-refractivity contribution in [3.05, 3.63) is 24.3 Å². The zero-order chi connectivity index (χ0) is 20.7. The third kappa shape index (κ3) is 4.11. The first-order chi connectivity index (χ1) is 13.7. The largest absolute Gasteiger partial charge is 0.347 e. The van der Waals surface area contributed by atoms with Crippen molar-refractivity contribution in [1.82, 2.24) is 8.61 Å². The zero-order valence-electron chi connectivity index (χ0n) is 16.6. The smallest absolute Gasteiger partial charge is 0.243 e. The van der Waals surface area contributed by atoms with Crippen molar-refractivity contribution >= 4 is 20.0 Å². The maximum Gasteiger partial charge on any atom is 0.243 e. The van der Waals surface area contributed by atoms with Gasteiger partial charge in [0.2, 0.25) is 20.0 Å². The van der Waals surface area contributed by atoms with Crippen LogP contribution in [0.4, 0.5) is 0 Å². The van der Waals surface area contributed by atoms with E-state index in [2.05, 4.69) is 0 Å². The fraction of sp³-hybridized carbons (Fsp3) is 0.684. The Morgan fingerprint density at radius 1 is 0.862 bits per heavy atom. The van der Waals surface area contributed by atoms with Crippen molar-refractivity contribution < 1.29 is 26.3 Å². The van der Waals surface area contributed by atoms with Crippen LogP contribution in [0.1, 0.15) is 32.6 Å². The lowest BCUT2D eigenvalue weighted by Crippen LogP contribution is -2.47. The first-order valence-electron chi connectivity index (χ1n) is 10.1. The molecule has 0 aromatic heterocycles. The standard InChI is InChI=1S/C19H28N2O6S2/c1-16-3-2-10-21(15-16)29(24,25)18-6-4-17(5-7-18)28(22,23)20-11-8-19(9-12-20)26-13-14-27-19/h4-7,16H,2-3,8-15H2,1H3/t16-/m0/s1. The monoisotopic (exact) mass is 444 g/mol. The first kappa shape index (κ1) is 21.2. The van der Waals surface area contributed by atoms with E-state index in [-0.39, 0.29) is 9.79 Å². The number of sulfonamides is 2. The molecule has 4 rings (SSSR count). The Morgan fingerprint density at radius 2 is 1.38 bits per heavy atom. The molecule has 162 valence electrons. The van der Waals surface area contributed by atoms with E-state index in [0.29, 0.717) is 58.2 Å². The molecule has 29 heavy (non-hydrogen) atoms. The van der Waals surface area contributed by atoms with Gasteiger partial charge in [-0.1, -0.05) is 6.92 Å². The number of ether oxygens (including phenoxy) is 2. The molecule has 0 bridgehead atoms. The fourth-order valence-electron chi connectivity index (χ4n) is 4.30. The Bertz CT molecular complexity index is 929. The molecule has 1 atom stereocenters. The van der Waals surface area contributed by atoms with E-state index in [0.717, 1.165) is 12.8 Å². The minimum absolute atomic E-state index is 0.104. The molecule has 3 aliphatic rings. The van der Waals surface area contributed by atoms with Crippen LogP contribution >= 0.6 is 0 Å². The normalized spacial score (nSPS) is 26.7. The summed E-state index contributed by atoms with van der Waals surface area (Å²) in [7, 11) is -7.30. The van der Waals surface area contributed by atoms with Gasteiger partial charge < -0.3 is 9.47 Å². The van der Waals surface area contributed by atoms with Gasteiger partial charge in [0.25, 0.3) is 0 Å². The molecule has 0 amide bonds. The van der Waals surface area contributed by atoms with Gasteiger partial charge in [-0.15, -0.1) is 0 Å². The molecule has 3 heterocycles. The Kier molecular flexibility index (Phi) is 5.77. The zero-order valence-corrected chi connectivity index (χ0v) is 18.3. The van der Waals surface area contributed by atoms with Gasteiger partial charge >= 0.3 is 0 Å². The predicted molar refractivity (Wildman–Crippen MR) is 106 cm³/mol. The average molecular weight is 445 g/mol. The van der Waals surface area contributed by atoms with Crippen LogP contribution in [0.3, 0.4) is 0 Å². The molecular weight excluding hydrogens is 416 g/mol. The van der Waals surface area contributed by atoms with E-state index in [1.54, 1.807) is 0 Å². The number of hydrogen-bond acceptors (Lipinski definition) is 6. The summed E-state index contributed by atoms with van der Waals surface area (Å²) >= 11 is 0. The molecule has 1 aromatic carbocycles. The summed E-state index contributed by atoms with van der Waals surface area (Å²) < 4.78 is 65.9. The maximum absolute atomic E-state index is 13.0. The SMILES string of the molecule is C[C@H]1CCCN(S(=O)(=O)c2ccc(S(=O)(=O)N3CCC4(CC3)OCCO4)cc2)C1. The van der Waals surface area contributed by atoms with Gasteiger partial charge in [-0.05, 0) is 43.0 Å². The van der Waals surface area contributed by atoms with Gasteiger partial charge in [-0.2, -0.15) is 8.61 Å². The lowest BCUT2D eigenvalue weighted by Gasteiger charge is -2.36. The van der Waals surface area contributed by atoms with Crippen LogP contribution in [0.5, 0.6) is 0 Å². The van der Waals surface area contributed by atoms with Crippen molar-refractivity contribution in [1.29, 1.82) is 0 Å². The highest BCUT2D eigenvalue weighted by atomic mass is 32.2. The van der Waals surface area contributed by atoms with Crippen molar-refractivity contribution in [3.8, 4) is 0 Å². The van der Waals surface area contributed by atoms with Gasteiger partial charge in [0, 0.05) is 39.0 Å². The lowest BCUT2D eigenvalue weighted by atomic mass is 10.0. The third-order valence-electron chi connectivity index (χ3n) is 6.02. The summed E-state index contributed by atoms with van der Waals surface area (Å²) in [5.74, 6) is -0.316. The molecule has 8 nitrogen and oxygen atoms in total. The second-order valence-electron chi connectivity index (χ2n) is 8.09. The van der Waals surface area contributed by atoms with Crippen LogP contribution in [0, 0.1) is 5.92 Å². The molecular formula is C19H28N2O6S2. The van der Waals surface area contributed by atoms with Crippen molar-refractivity contribution in [2.75, 3.05) is 39.4 Å². The highest BCUT2D eigenvalue weighted by Crippen LogP contribution is 2.33. The van der Waals surface area contributed by atoms with Gasteiger partial charge in [0.05, 0.1) is 23.0 Å². The van der Waals surface area contributed by atoms with E-state index < -0.39 is 25.8 Å². The van der Waals surface area contributed by atoms with E-state index in [9.17, 15) is 16.8 Å². The van der Waals surface area contributed by atoms with Crippen LogP contribution < -0.4 is 0 Å². The summed E-state index contributed by atoms with van der Waals surface area (Å²) in [5.41, 5.74) is 0. The molecule has 0 N–H and O–H groups in total. The van der Waals surface area contributed by atoms with Gasteiger partial charge in [-0.25, -0.2) is 16.8 Å². The average Bonchev–Trinajstić information content (AvgIpc) is 3.16. The molecule has 1 spiro atoms. The van der Waals surface area contributed by atoms with Crippen molar-refractivity contribution in [2.24, 2.45) is 5.92 Å². The molecule has 3 aliphatic heterocycles. The number of piperidine rings is 2. The minimum Gasteiger partial charge on any atom is -0.347 e. The molecule has 0 saturated carbocycles. The second kappa shape index (κ2) is 7.90. The van der Waals surface area contributed by atoms with Gasteiger partial charge in [0.1, 0.15) is 0 Å². The number of nitrogens with zero attached hydrogens (tertiary/aromatic N) is 2.